The average molecular weight is 249 g/mol. The van der Waals surface area contributed by atoms with Crippen LogP contribution in [0.3, 0.4) is 0 Å². The summed E-state index contributed by atoms with van der Waals surface area (Å²) < 4.78 is 0. The summed E-state index contributed by atoms with van der Waals surface area (Å²) in [6.07, 6.45) is 9.05. The van der Waals surface area contributed by atoms with Crippen molar-refractivity contribution in [3.05, 3.63) is 65.8 Å². The second-order valence-corrected chi connectivity index (χ2v) is 4.57. The summed E-state index contributed by atoms with van der Waals surface area (Å²) in [5.74, 6) is 2.53. The molecule has 19 heavy (non-hydrogen) atoms. The number of terminal acetylenes is 1. The van der Waals surface area contributed by atoms with Gasteiger partial charge in [0.2, 0.25) is 0 Å². The average Bonchev–Trinajstić information content (AvgIpc) is 2.37. The van der Waals surface area contributed by atoms with E-state index in [1.165, 1.54) is 5.56 Å². The highest BCUT2D eigenvalue weighted by Gasteiger charge is 1.99. The minimum atomic E-state index is 0.617. The standard InChI is InChI=1S/C18H19N/c1-6-15(4)10-18(13-19-12-14(2)3)17-9-7-8-16(5)11-17/h1,7-11,13H,2,4,12H2,3,5H3/b18-10+,19-13?. The number of hydrogen-bond acceptors (Lipinski definition) is 1. The molecule has 0 aliphatic rings. The highest BCUT2D eigenvalue weighted by molar-refractivity contribution is 6.10. The van der Waals surface area contributed by atoms with Crippen molar-refractivity contribution < 1.29 is 0 Å². The minimum absolute atomic E-state index is 0.617. The van der Waals surface area contributed by atoms with Gasteiger partial charge in [0, 0.05) is 17.4 Å². The fourth-order valence-corrected chi connectivity index (χ4v) is 1.55. The predicted molar refractivity (Wildman–Crippen MR) is 85.3 cm³/mol. The second kappa shape index (κ2) is 7.18. The van der Waals surface area contributed by atoms with Gasteiger partial charge in [0.05, 0.1) is 6.54 Å². The molecule has 0 radical (unpaired) electrons. The first-order valence-corrected chi connectivity index (χ1v) is 6.11. The van der Waals surface area contributed by atoms with Crippen LogP contribution in [0.2, 0.25) is 0 Å². The molecule has 0 aromatic heterocycles. The van der Waals surface area contributed by atoms with Gasteiger partial charge in [0.15, 0.2) is 0 Å². The topological polar surface area (TPSA) is 12.4 Å². The smallest absolute Gasteiger partial charge is 0.0594 e. The van der Waals surface area contributed by atoms with Crippen molar-refractivity contribution in [3.8, 4) is 12.3 Å². The van der Waals surface area contributed by atoms with Crippen LogP contribution in [-0.2, 0) is 0 Å². The summed E-state index contributed by atoms with van der Waals surface area (Å²) in [6.45, 7) is 12.3. The summed E-state index contributed by atoms with van der Waals surface area (Å²) in [4.78, 5) is 4.36. The van der Waals surface area contributed by atoms with Gasteiger partial charge in [-0.25, -0.2) is 0 Å². The molecule has 0 bridgehead atoms. The number of aliphatic imine (C=N–C) groups is 1. The third-order valence-corrected chi connectivity index (χ3v) is 2.46. The lowest BCUT2D eigenvalue weighted by atomic mass is 10.0. The van der Waals surface area contributed by atoms with E-state index in [-0.39, 0.29) is 0 Å². The van der Waals surface area contributed by atoms with E-state index < -0.39 is 0 Å². The van der Waals surface area contributed by atoms with Crippen LogP contribution >= 0.6 is 0 Å². The Balaban J connectivity index is 3.10. The molecule has 0 unspecified atom stereocenters. The molecule has 1 rings (SSSR count). The number of aryl methyl sites for hydroxylation is 1. The zero-order chi connectivity index (χ0) is 14.3. The Morgan fingerprint density at radius 1 is 1.42 bits per heavy atom. The maximum absolute atomic E-state index is 5.35. The van der Waals surface area contributed by atoms with Crippen LogP contribution in [0.25, 0.3) is 5.57 Å². The van der Waals surface area contributed by atoms with Gasteiger partial charge in [0.1, 0.15) is 0 Å². The van der Waals surface area contributed by atoms with Gasteiger partial charge in [-0.2, -0.15) is 0 Å². The van der Waals surface area contributed by atoms with E-state index in [9.17, 15) is 0 Å². The van der Waals surface area contributed by atoms with Crippen molar-refractivity contribution in [1.29, 1.82) is 0 Å². The zero-order valence-corrected chi connectivity index (χ0v) is 11.6. The normalized spacial score (nSPS) is 11.3. The Morgan fingerprint density at radius 3 is 2.74 bits per heavy atom. The Bertz CT molecular complexity index is 580. The van der Waals surface area contributed by atoms with Crippen molar-refractivity contribution in [1.82, 2.24) is 0 Å². The highest BCUT2D eigenvalue weighted by atomic mass is 14.7. The zero-order valence-electron chi connectivity index (χ0n) is 11.6. The second-order valence-electron chi connectivity index (χ2n) is 4.57. The molecule has 0 atom stereocenters. The van der Waals surface area contributed by atoms with E-state index in [1.54, 1.807) is 0 Å². The largest absolute Gasteiger partial charge is 0.288 e. The molecular formula is C18H19N. The Morgan fingerprint density at radius 2 is 2.16 bits per heavy atom. The van der Waals surface area contributed by atoms with Crippen molar-refractivity contribution in [2.75, 3.05) is 6.54 Å². The third-order valence-electron chi connectivity index (χ3n) is 2.46. The lowest BCUT2D eigenvalue weighted by Crippen LogP contribution is -1.90. The van der Waals surface area contributed by atoms with Crippen LogP contribution in [0.1, 0.15) is 18.1 Å². The van der Waals surface area contributed by atoms with Crippen molar-refractivity contribution in [2.24, 2.45) is 4.99 Å². The molecule has 1 aromatic rings. The van der Waals surface area contributed by atoms with E-state index in [2.05, 4.69) is 43.1 Å². The fraction of sp³-hybridized carbons (Fsp3) is 0.167. The first-order chi connectivity index (χ1) is 9.02. The summed E-state index contributed by atoms with van der Waals surface area (Å²) in [5.41, 5.74) is 4.91. The highest BCUT2D eigenvalue weighted by Crippen LogP contribution is 2.16. The van der Waals surface area contributed by atoms with Crippen molar-refractivity contribution in [3.63, 3.8) is 0 Å². The first kappa shape index (κ1) is 14.7. The quantitative estimate of drug-likeness (QED) is 0.321. The van der Waals surface area contributed by atoms with Gasteiger partial charge in [0.25, 0.3) is 0 Å². The lowest BCUT2D eigenvalue weighted by Gasteiger charge is -2.04. The van der Waals surface area contributed by atoms with Gasteiger partial charge >= 0.3 is 0 Å². The van der Waals surface area contributed by atoms with E-state index >= 15 is 0 Å². The first-order valence-electron chi connectivity index (χ1n) is 6.11. The predicted octanol–water partition coefficient (Wildman–Crippen LogP) is 4.21. The summed E-state index contributed by atoms with van der Waals surface area (Å²) in [7, 11) is 0. The molecule has 0 aliphatic carbocycles. The number of rotatable bonds is 5. The number of benzene rings is 1. The van der Waals surface area contributed by atoms with Gasteiger partial charge in [-0.1, -0.05) is 54.5 Å². The maximum Gasteiger partial charge on any atom is 0.0594 e. The molecule has 1 nitrogen and oxygen atoms in total. The summed E-state index contributed by atoms with van der Waals surface area (Å²) >= 11 is 0. The van der Waals surface area contributed by atoms with Crippen LogP contribution < -0.4 is 0 Å². The molecule has 0 fully saturated rings. The molecular weight excluding hydrogens is 230 g/mol. The number of hydrogen-bond donors (Lipinski definition) is 0. The molecule has 0 saturated carbocycles. The maximum atomic E-state index is 5.35. The van der Waals surface area contributed by atoms with Gasteiger partial charge in [-0.15, -0.1) is 6.42 Å². The van der Waals surface area contributed by atoms with Crippen LogP contribution in [0, 0.1) is 19.3 Å². The lowest BCUT2D eigenvalue weighted by molar-refractivity contribution is 1.15. The minimum Gasteiger partial charge on any atom is -0.288 e. The van der Waals surface area contributed by atoms with Gasteiger partial charge < -0.3 is 0 Å². The summed E-state index contributed by atoms with van der Waals surface area (Å²) in [5, 5.41) is 0. The van der Waals surface area contributed by atoms with E-state index in [1.807, 2.05) is 31.3 Å². The van der Waals surface area contributed by atoms with Crippen LogP contribution in [0.5, 0.6) is 0 Å². The fourth-order valence-electron chi connectivity index (χ4n) is 1.55. The molecule has 96 valence electrons. The van der Waals surface area contributed by atoms with Crippen LogP contribution in [0.4, 0.5) is 0 Å². The van der Waals surface area contributed by atoms with E-state index in [0.717, 1.165) is 16.7 Å². The number of nitrogens with zero attached hydrogens (tertiary/aromatic N) is 1. The molecule has 0 saturated heterocycles. The Labute approximate surface area is 116 Å². The molecule has 0 amide bonds. The van der Waals surface area contributed by atoms with Crippen LogP contribution in [0.15, 0.2) is 59.6 Å². The molecule has 0 heterocycles. The summed E-state index contributed by atoms with van der Waals surface area (Å²) in [6, 6.07) is 8.21. The number of allylic oxidation sites excluding steroid dienone is 3. The molecule has 0 spiro atoms. The van der Waals surface area contributed by atoms with E-state index in [4.69, 9.17) is 6.42 Å². The van der Waals surface area contributed by atoms with Gasteiger partial charge in [-0.05, 0) is 25.5 Å². The molecule has 1 heteroatoms. The molecule has 0 aliphatic heterocycles. The Kier molecular flexibility index (Phi) is 5.57. The molecule has 0 N–H and O–H groups in total. The van der Waals surface area contributed by atoms with E-state index in [0.29, 0.717) is 12.1 Å². The van der Waals surface area contributed by atoms with Crippen molar-refractivity contribution in [2.45, 2.75) is 13.8 Å². The monoisotopic (exact) mass is 249 g/mol. The molecule has 1 aromatic carbocycles. The van der Waals surface area contributed by atoms with Crippen molar-refractivity contribution >= 4 is 11.8 Å². The van der Waals surface area contributed by atoms with Crippen LogP contribution in [-0.4, -0.2) is 12.8 Å². The SMILES string of the molecule is C#CC(=C)/C=C(\C=NCC(=C)C)c1cccc(C)c1. The third kappa shape index (κ3) is 5.23. The van der Waals surface area contributed by atoms with Gasteiger partial charge in [-0.3, -0.25) is 4.99 Å². The Hall–Kier alpha value is -2.33.